The fourth-order valence-electron chi connectivity index (χ4n) is 8.87. The molecule has 2 aromatic rings. The largest absolute Gasteiger partial charge is 0.417 e. The zero-order valence-electron chi connectivity index (χ0n) is 26.5. The van der Waals surface area contributed by atoms with Crippen molar-refractivity contribution in [2.75, 3.05) is 36.4 Å². The van der Waals surface area contributed by atoms with Crippen LogP contribution in [0.15, 0.2) is 18.2 Å². The zero-order chi connectivity index (χ0) is 33.0. The predicted octanol–water partition coefficient (Wildman–Crippen LogP) is 5.06. The van der Waals surface area contributed by atoms with Gasteiger partial charge in [-0.2, -0.15) is 23.5 Å². The lowest BCUT2D eigenvalue weighted by molar-refractivity contribution is -0.137. The minimum absolute atomic E-state index is 0.0169. The van der Waals surface area contributed by atoms with Crippen molar-refractivity contribution in [3.8, 4) is 6.07 Å². The highest BCUT2D eigenvalue weighted by atomic mass is 19.4. The Balaban J connectivity index is 1.05. The maximum absolute atomic E-state index is 13.5. The number of halogens is 3. The highest BCUT2D eigenvalue weighted by Crippen LogP contribution is 2.55. The third kappa shape index (κ3) is 6.16. The molecule has 5 aliphatic rings. The molecule has 1 saturated heterocycles. The molecule has 1 aromatic heterocycles. The number of anilines is 2. The lowest BCUT2D eigenvalue weighted by Gasteiger charge is -2.58. The van der Waals surface area contributed by atoms with Crippen LogP contribution in [-0.4, -0.2) is 69.5 Å². The summed E-state index contributed by atoms with van der Waals surface area (Å²) in [6.07, 6.45) is 1.43. The van der Waals surface area contributed by atoms with E-state index in [0.29, 0.717) is 49.6 Å². The number of aliphatic hydroxyl groups is 1. The topological polar surface area (TPSA) is 127 Å². The van der Waals surface area contributed by atoms with Gasteiger partial charge in [0.1, 0.15) is 5.82 Å². The maximum atomic E-state index is 13.5. The molecular formula is C33H42F3N7O3. The van der Waals surface area contributed by atoms with Crippen LogP contribution in [0, 0.1) is 41.9 Å². The van der Waals surface area contributed by atoms with Crippen LogP contribution in [0.4, 0.5) is 29.5 Å². The van der Waals surface area contributed by atoms with E-state index in [4.69, 9.17) is 5.26 Å². The molecule has 2 atom stereocenters. The quantitative estimate of drug-likeness (QED) is 0.388. The highest BCUT2D eigenvalue weighted by molar-refractivity contribution is 5.95. The van der Waals surface area contributed by atoms with Gasteiger partial charge in [-0.3, -0.25) is 9.48 Å². The molecule has 4 bridgehead atoms. The number of nitrogens with one attached hydrogen (secondary N) is 2. The number of benzene rings is 1. The summed E-state index contributed by atoms with van der Waals surface area (Å²) in [7, 11) is 1.85. The summed E-state index contributed by atoms with van der Waals surface area (Å²) in [4.78, 5) is 30.3. The second-order valence-electron chi connectivity index (χ2n) is 13.9. The SMILES string of the molecule is CCN(CC1CCN(c2c(C)c(C(=O)NC3C4CC5CC3CC(O)(C5)C4)nn2C)CC1)C(=O)Nc1ccc(C#N)c(C(F)(F)F)c1. The molecule has 1 aromatic carbocycles. The number of carbonyl (C=O) groups excluding carboxylic acids is 2. The normalized spacial score (nSPS) is 27.4. The second kappa shape index (κ2) is 12.1. The molecule has 5 fully saturated rings. The monoisotopic (exact) mass is 641 g/mol. The summed E-state index contributed by atoms with van der Waals surface area (Å²) in [6.45, 7) is 6.02. The number of piperidine rings is 1. The first-order valence-corrected chi connectivity index (χ1v) is 16.3. The Bertz CT molecular complexity index is 1530. The van der Waals surface area contributed by atoms with Gasteiger partial charge in [-0.05, 0) is 101 Å². The number of carbonyl (C=O) groups is 2. The van der Waals surface area contributed by atoms with Gasteiger partial charge in [0.25, 0.3) is 5.91 Å². The van der Waals surface area contributed by atoms with Crippen LogP contribution >= 0.6 is 0 Å². The van der Waals surface area contributed by atoms with Crippen LogP contribution in [0.2, 0.25) is 0 Å². The summed E-state index contributed by atoms with van der Waals surface area (Å²) in [5, 5.41) is 30.4. The zero-order valence-corrected chi connectivity index (χ0v) is 26.5. The Morgan fingerprint density at radius 2 is 1.85 bits per heavy atom. The number of aryl methyl sites for hydroxylation is 1. The fourth-order valence-corrected chi connectivity index (χ4v) is 8.87. The Morgan fingerprint density at radius 1 is 1.17 bits per heavy atom. The summed E-state index contributed by atoms with van der Waals surface area (Å²) >= 11 is 0. The first kappa shape index (κ1) is 32.2. The summed E-state index contributed by atoms with van der Waals surface area (Å²) in [5.74, 6) is 2.12. The first-order valence-electron chi connectivity index (χ1n) is 16.3. The molecule has 248 valence electrons. The number of aromatic nitrogens is 2. The van der Waals surface area contributed by atoms with Gasteiger partial charge in [-0.1, -0.05) is 0 Å². The van der Waals surface area contributed by atoms with E-state index in [9.17, 15) is 27.9 Å². The van der Waals surface area contributed by atoms with Gasteiger partial charge >= 0.3 is 12.2 Å². The van der Waals surface area contributed by atoms with Gasteiger partial charge in [0.15, 0.2) is 5.69 Å². The van der Waals surface area contributed by atoms with E-state index in [2.05, 4.69) is 20.6 Å². The number of nitriles is 1. The third-order valence-electron chi connectivity index (χ3n) is 10.8. The first-order chi connectivity index (χ1) is 21.8. The molecule has 7 rings (SSSR count). The number of amides is 3. The molecule has 0 spiro atoms. The number of rotatable bonds is 7. The Kier molecular flexibility index (Phi) is 8.46. The summed E-state index contributed by atoms with van der Waals surface area (Å²) in [5.41, 5.74) is -0.891. The Labute approximate surface area is 266 Å². The molecule has 4 aliphatic carbocycles. The van der Waals surface area contributed by atoms with E-state index in [0.717, 1.165) is 68.5 Å². The van der Waals surface area contributed by atoms with Crippen molar-refractivity contribution in [3.63, 3.8) is 0 Å². The Hall–Kier alpha value is -3.79. The molecule has 4 saturated carbocycles. The number of alkyl halides is 3. The summed E-state index contributed by atoms with van der Waals surface area (Å²) in [6, 6.07) is 4.29. The number of hydrogen-bond acceptors (Lipinski definition) is 6. The van der Waals surface area contributed by atoms with Crippen LogP contribution in [0.1, 0.15) is 79.0 Å². The molecular weight excluding hydrogens is 599 g/mol. The molecule has 13 heteroatoms. The van der Waals surface area contributed by atoms with Crippen LogP contribution in [0.25, 0.3) is 0 Å². The van der Waals surface area contributed by atoms with Gasteiger partial charge in [-0.25, -0.2) is 4.79 Å². The lowest BCUT2D eigenvalue weighted by Crippen LogP contribution is -2.61. The van der Waals surface area contributed by atoms with Gasteiger partial charge in [0.05, 0.1) is 22.8 Å². The van der Waals surface area contributed by atoms with Crippen LogP contribution in [0.5, 0.6) is 0 Å². The van der Waals surface area contributed by atoms with E-state index in [1.165, 1.54) is 6.07 Å². The number of urea groups is 1. The van der Waals surface area contributed by atoms with Crippen molar-refractivity contribution in [2.24, 2.45) is 30.7 Å². The molecule has 1 aliphatic heterocycles. The van der Waals surface area contributed by atoms with E-state index < -0.39 is 28.9 Å². The van der Waals surface area contributed by atoms with E-state index in [1.54, 1.807) is 15.7 Å². The average Bonchev–Trinajstić information content (AvgIpc) is 3.30. The van der Waals surface area contributed by atoms with E-state index >= 15 is 0 Å². The molecule has 3 N–H and O–H groups in total. The number of nitrogens with zero attached hydrogens (tertiary/aromatic N) is 5. The molecule has 2 unspecified atom stereocenters. The second-order valence-corrected chi connectivity index (χ2v) is 13.9. The van der Waals surface area contributed by atoms with Crippen molar-refractivity contribution in [1.29, 1.82) is 5.26 Å². The molecule has 3 amide bonds. The predicted molar refractivity (Wildman–Crippen MR) is 165 cm³/mol. The van der Waals surface area contributed by atoms with Crippen LogP contribution in [-0.2, 0) is 13.2 Å². The van der Waals surface area contributed by atoms with Crippen molar-refractivity contribution in [2.45, 2.75) is 76.6 Å². The number of hydrogen-bond donors (Lipinski definition) is 3. The van der Waals surface area contributed by atoms with E-state index in [1.807, 2.05) is 20.9 Å². The van der Waals surface area contributed by atoms with Gasteiger partial charge in [-0.15, -0.1) is 0 Å². The third-order valence-corrected chi connectivity index (χ3v) is 10.8. The van der Waals surface area contributed by atoms with Crippen LogP contribution < -0.4 is 15.5 Å². The Morgan fingerprint density at radius 3 is 2.43 bits per heavy atom. The smallest absolute Gasteiger partial charge is 0.390 e. The van der Waals surface area contributed by atoms with Gasteiger partial charge in [0.2, 0.25) is 0 Å². The minimum Gasteiger partial charge on any atom is -0.390 e. The van der Waals surface area contributed by atoms with Crippen LogP contribution in [0.3, 0.4) is 0 Å². The molecule has 0 radical (unpaired) electrons. The molecule has 10 nitrogen and oxygen atoms in total. The van der Waals surface area contributed by atoms with Crippen molar-refractivity contribution < 1.29 is 27.9 Å². The average molecular weight is 642 g/mol. The van der Waals surface area contributed by atoms with Gasteiger partial charge < -0.3 is 25.5 Å². The van der Waals surface area contributed by atoms with Crippen molar-refractivity contribution in [1.82, 2.24) is 20.0 Å². The fraction of sp³-hybridized carbons (Fsp3) is 0.636. The molecule has 2 heterocycles. The summed E-state index contributed by atoms with van der Waals surface area (Å²) < 4.78 is 41.9. The van der Waals surface area contributed by atoms with Crippen molar-refractivity contribution >= 4 is 23.4 Å². The molecule has 46 heavy (non-hydrogen) atoms. The van der Waals surface area contributed by atoms with Crippen molar-refractivity contribution in [3.05, 3.63) is 40.6 Å². The maximum Gasteiger partial charge on any atom is 0.417 e. The van der Waals surface area contributed by atoms with E-state index in [-0.39, 0.29) is 23.6 Å². The lowest BCUT2D eigenvalue weighted by atomic mass is 9.52. The highest BCUT2D eigenvalue weighted by Gasteiger charge is 2.55. The van der Waals surface area contributed by atoms with Gasteiger partial charge in [0, 0.05) is 50.5 Å². The minimum atomic E-state index is -4.71. The standard InChI is InChI=1S/C33H42F3N7O3/c1-4-42(31(45)38-25-6-5-22(17-37)26(13-25)33(34,35)36)18-20-7-9-43(10-8-20)30-19(2)27(40-41(30)3)29(44)39-28-23-11-21-12-24(28)16-32(46,14-21)15-23/h5-6,13,20-21,23-24,28,46H,4,7-12,14-16,18H2,1-3H3,(H,38,45)(H,39,44).